The Morgan fingerprint density at radius 2 is 2.00 bits per heavy atom. The molecule has 0 spiro atoms. The van der Waals surface area contributed by atoms with Gasteiger partial charge < -0.3 is 5.32 Å². The minimum atomic E-state index is -3.53. The first-order chi connectivity index (χ1) is 9.88. The van der Waals surface area contributed by atoms with Gasteiger partial charge >= 0.3 is 0 Å². The standard InChI is InChI=1S/C14H28N4O2S/c1-5-15-10-13-12(4)17-18-14(13)21(19,20)16-9-7-6-8-11(2)3/h11,15-16H,5-10H2,1-4H3,(H,17,18). The highest BCUT2D eigenvalue weighted by molar-refractivity contribution is 7.89. The topological polar surface area (TPSA) is 86.9 Å². The van der Waals surface area contributed by atoms with Crippen LogP contribution in [0.5, 0.6) is 0 Å². The minimum Gasteiger partial charge on any atom is -0.313 e. The van der Waals surface area contributed by atoms with Gasteiger partial charge in [0.1, 0.15) is 0 Å². The van der Waals surface area contributed by atoms with Gasteiger partial charge in [0, 0.05) is 24.3 Å². The maximum Gasteiger partial charge on any atom is 0.260 e. The van der Waals surface area contributed by atoms with Crippen LogP contribution in [0.2, 0.25) is 0 Å². The second-order valence-electron chi connectivity index (χ2n) is 5.70. The molecule has 6 nitrogen and oxygen atoms in total. The van der Waals surface area contributed by atoms with Gasteiger partial charge in [-0.3, -0.25) is 5.10 Å². The molecular weight excluding hydrogens is 288 g/mol. The van der Waals surface area contributed by atoms with E-state index < -0.39 is 10.0 Å². The first-order valence-electron chi connectivity index (χ1n) is 7.62. The summed E-state index contributed by atoms with van der Waals surface area (Å²) >= 11 is 0. The van der Waals surface area contributed by atoms with Crippen molar-refractivity contribution in [2.75, 3.05) is 13.1 Å². The lowest BCUT2D eigenvalue weighted by Crippen LogP contribution is -2.27. The first kappa shape index (κ1) is 18.1. The predicted octanol–water partition coefficient (Wildman–Crippen LogP) is 1.93. The van der Waals surface area contributed by atoms with Gasteiger partial charge in [-0.25, -0.2) is 13.1 Å². The summed E-state index contributed by atoms with van der Waals surface area (Å²) in [6.07, 6.45) is 3.00. The van der Waals surface area contributed by atoms with E-state index in [1.54, 1.807) is 0 Å². The van der Waals surface area contributed by atoms with Crippen molar-refractivity contribution in [3.63, 3.8) is 0 Å². The Kier molecular flexibility index (Phi) is 7.34. The van der Waals surface area contributed by atoms with E-state index in [1.165, 1.54) is 0 Å². The number of aromatic nitrogens is 2. The third-order valence-corrected chi connectivity index (χ3v) is 4.77. The molecule has 0 saturated carbocycles. The molecule has 122 valence electrons. The zero-order valence-corrected chi connectivity index (χ0v) is 14.3. The smallest absolute Gasteiger partial charge is 0.260 e. The highest BCUT2D eigenvalue weighted by Gasteiger charge is 2.22. The minimum absolute atomic E-state index is 0.116. The van der Waals surface area contributed by atoms with Crippen LogP contribution in [0.15, 0.2) is 5.03 Å². The average molecular weight is 316 g/mol. The molecular formula is C14H28N4O2S. The normalized spacial score (nSPS) is 12.2. The van der Waals surface area contributed by atoms with Crippen molar-refractivity contribution in [1.82, 2.24) is 20.2 Å². The number of H-pyrrole nitrogens is 1. The summed E-state index contributed by atoms with van der Waals surface area (Å²) in [7, 11) is -3.53. The molecule has 0 bridgehead atoms. The van der Waals surface area contributed by atoms with E-state index in [0.29, 0.717) is 24.6 Å². The quantitative estimate of drug-likeness (QED) is 0.576. The van der Waals surface area contributed by atoms with Crippen LogP contribution in [-0.2, 0) is 16.6 Å². The summed E-state index contributed by atoms with van der Waals surface area (Å²) < 4.78 is 27.3. The molecule has 0 aliphatic rings. The van der Waals surface area contributed by atoms with Gasteiger partial charge in [-0.05, 0) is 25.8 Å². The Morgan fingerprint density at radius 3 is 2.62 bits per heavy atom. The van der Waals surface area contributed by atoms with Crippen molar-refractivity contribution >= 4 is 10.0 Å². The SMILES string of the molecule is CCNCc1c(S(=O)(=O)NCCCCC(C)C)n[nH]c1C. The summed E-state index contributed by atoms with van der Waals surface area (Å²) in [5, 5.41) is 9.97. The largest absolute Gasteiger partial charge is 0.313 e. The van der Waals surface area contributed by atoms with Gasteiger partial charge in [-0.1, -0.05) is 33.6 Å². The number of hydrogen-bond donors (Lipinski definition) is 3. The highest BCUT2D eigenvalue weighted by Crippen LogP contribution is 2.16. The molecule has 3 N–H and O–H groups in total. The van der Waals surface area contributed by atoms with Crippen LogP contribution in [-0.4, -0.2) is 31.7 Å². The van der Waals surface area contributed by atoms with Gasteiger partial charge in [0.05, 0.1) is 0 Å². The molecule has 0 amide bonds. The van der Waals surface area contributed by atoms with Crippen LogP contribution in [0.3, 0.4) is 0 Å². The van der Waals surface area contributed by atoms with E-state index >= 15 is 0 Å². The highest BCUT2D eigenvalue weighted by atomic mass is 32.2. The Morgan fingerprint density at radius 1 is 1.29 bits per heavy atom. The number of unbranched alkanes of at least 4 members (excludes halogenated alkanes) is 1. The summed E-state index contributed by atoms with van der Waals surface area (Å²) in [6, 6.07) is 0. The zero-order chi connectivity index (χ0) is 15.9. The first-order valence-corrected chi connectivity index (χ1v) is 9.11. The molecule has 0 aromatic carbocycles. The number of nitrogens with one attached hydrogen (secondary N) is 3. The number of aromatic amines is 1. The summed E-state index contributed by atoms with van der Waals surface area (Å²) in [6.45, 7) is 9.90. The summed E-state index contributed by atoms with van der Waals surface area (Å²) in [5.74, 6) is 0.655. The van der Waals surface area contributed by atoms with Crippen LogP contribution in [0, 0.1) is 12.8 Å². The monoisotopic (exact) mass is 316 g/mol. The van der Waals surface area contributed by atoms with Crippen LogP contribution in [0.25, 0.3) is 0 Å². The number of rotatable bonds is 10. The van der Waals surface area contributed by atoms with Crippen LogP contribution in [0.1, 0.15) is 51.3 Å². The Labute approximate surface area is 128 Å². The fourth-order valence-corrected chi connectivity index (χ4v) is 3.33. The molecule has 7 heteroatoms. The molecule has 0 unspecified atom stereocenters. The molecule has 0 saturated heterocycles. The fraction of sp³-hybridized carbons (Fsp3) is 0.786. The number of hydrogen-bond acceptors (Lipinski definition) is 4. The number of aryl methyl sites for hydroxylation is 1. The number of sulfonamides is 1. The van der Waals surface area contributed by atoms with Gasteiger partial charge in [-0.15, -0.1) is 0 Å². The average Bonchev–Trinajstić information content (AvgIpc) is 2.77. The second-order valence-corrected chi connectivity index (χ2v) is 7.38. The molecule has 0 aliphatic heterocycles. The van der Waals surface area contributed by atoms with E-state index in [-0.39, 0.29) is 5.03 Å². The van der Waals surface area contributed by atoms with E-state index in [4.69, 9.17) is 0 Å². The predicted molar refractivity (Wildman–Crippen MR) is 84.6 cm³/mol. The van der Waals surface area contributed by atoms with Crippen LogP contribution >= 0.6 is 0 Å². The van der Waals surface area contributed by atoms with E-state index in [1.807, 2.05) is 13.8 Å². The third kappa shape index (κ3) is 5.76. The van der Waals surface area contributed by atoms with Crippen molar-refractivity contribution in [3.05, 3.63) is 11.3 Å². The summed E-state index contributed by atoms with van der Waals surface area (Å²) in [5.41, 5.74) is 1.50. The molecule has 21 heavy (non-hydrogen) atoms. The molecule has 1 aromatic rings. The molecule has 0 radical (unpaired) electrons. The second kappa shape index (κ2) is 8.51. The Bertz CT molecular complexity index is 523. The third-order valence-electron chi connectivity index (χ3n) is 3.34. The molecule has 1 rings (SSSR count). The molecule has 1 aromatic heterocycles. The van der Waals surface area contributed by atoms with Gasteiger partial charge in [0.15, 0.2) is 5.03 Å². The van der Waals surface area contributed by atoms with Crippen LogP contribution < -0.4 is 10.0 Å². The summed E-state index contributed by atoms with van der Waals surface area (Å²) in [4.78, 5) is 0. The molecule has 1 heterocycles. The van der Waals surface area contributed by atoms with Crippen molar-refractivity contribution in [3.8, 4) is 0 Å². The lowest BCUT2D eigenvalue weighted by Gasteiger charge is -2.08. The maximum absolute atomic E-state index is 12.3. The zero-order valence-electron chi connectivity index (χ0n) is 13.5. The number of nitrogens with zero attached hydrogens (tertiary/aromatic N) is 1. The molecule has 0 aliphatic carbocycles. The van der Waals surface area contributed by atoms with E-state index in [2.05, 4.69) is 34.1 Å². The lowest BCUT2D eigenvalue weighted by molar-refractivity contribution is 0.529. The maximum atomic E-state index is 12.3. The van der Waals surface area contributed by atoms with Gasteiger partial charge in [0.2, 0.25) is 0 Å². The van der Waals surface area contributed by atoms with Crippen molar-refractivity contribution in [2.45, 2.75) is 58.5 Å². The lowest BCUT2D eigenvalue weighted by atomic mass is 10.1. The fourth-order valence-electron chi connectivity index (χ4n) is 2.06. The Balaban J connectivity index is 2.61. The van der Waals surface area contributed by atoms with Crippen molar-refractivity contribution in [2.24, 2.45) is 5.92 Å². The van der Waals surface area contributed by atoms with Gasteiger partial charge in [-0.2, -0.15) is 5.10 Å². The van der Waals surface area contributed by atoms with Crippen LogP contribution in [0.4, 0.5) is 0 Å². The van der Waals surface area contributed by atoms with E-state index in [9.17, 15) is 8.42 Å². The Hall–Kier alpha value is -0.920. The molecule has 0 atom stereocenters. The van der Waals surface area contributed by atoms with Crippen molar-refractivity contribution < 1.29 is 8.42 Å². The molecule has 0 fully saturated rings. The van der Waals surface area contributed by atoms with Gasteiger partial charge in [0.25, 0.3) is 10.0 Å². The van der Waals surface area contributed by atoms with Crippen molar-refractivity contribution in [1.29, 1.82) is 0 Å². The van der Waals surface area contributed by atoms with E-state index in [0.717, 1.165) is 31.5 Å².